The first-order chi connectivity index (χ1) is 7.74. The number of amides is 1. The lowest BCUT2D eigenvalue weighted by Crippen LogP contribution is -2.60. The van der Waals surface area contributed by atoms with Gasteiger partial charge in [-0.1, -0.05) is 12.8 Å². The maximum Gasteiger partial charge on any atom is 0.233 e. The number of hydrogen-bond donors (Lipinski definition) is 2. The summed E-state index contributed by atoms with van der Waals surface area (Å²) in [4.78, 5) is 13.8. The van der Waals surface area contributed by atoms with Crippen LogP contribution in [0.1, 0.15) is 32.1 Å². The highest BCUT2D eigenvalue weighted by atomic mass is 32.1. The number of fused-ring (bicyclic) bond motifs is 1. The standard InChI is InChI=1S/C11H18N2O2S/c14-7-3-6-13-10(15)8-4-1-2-5-9(8)12-11(13)16/h8-9,14H,1-7H2,(H,12,16). The Bertz CT molecular complexity index is 296. The summed E-state index contributed by atoms with van der Waals surface area (Å²) < 4.78 is 0. The van der Waals surface area contributed by atoms with Crippen molar-refractivity contribution in [2.24, 2.45) is 5.92 Å². The normalized spacial score (nSPS) is 29.9. The van der Waals surface area contributed by atoms with Crippen molar-refractivity contribution in [2.45, 2.75) is 38.1 Å². The number of rotatable bonds is 3. The average molecular weight is 242 g/mol. The van der Waals surface area contributed by atoms with Crippen LogP contribution in [-0.2, 0) is 4.79 Å². The molecule has 2 unspecified atom stereocenters. The molecule has 90 valence electrons. The van der Waals surface area contributed by atoms with E-state index in [2.05, 4.69) is 5.32 Å². The lowest BCUT2D eigenvalue weighted by Gasteiger charge is -2.41. The molecule has 2 aliphatic rings. The van der Waals surface area contributed by atoms with E-state index in [1.165, 1.54) is 6.42 Å². The second-order valence-electron chi connectivity index (χ2n) is 4.51. The van der Waals surface area contributed by atoms with Gasteiger partial charge in [0.2, 0.25) is 5.91 Å². The van der Waals surface area contributed by atoms with Crippen molar-refractivity contribution >= 4 is 23.2 Å². The molecule has 1 aliphatic carbocycles. The summed E-state index contributed by atoms with van der Waals surface area (Å²) in [6.45, 7) is 0.630. The summed E-state index contributed by atoms with van der Waals surface area (Å²) >= 11 is 5.20. The molecule has 4 nitrogen and oxygen atoms in total. The molecule has 2 rings (SSSR count). The van der Waals surface area contributed by atoms with Crippen LogP contribution < -0.4 is 5.32 Å². The Labute approximate surface area is 101 Å². The molecule has 0 aromatic heterocycles. The minimum absolute atomic E-state index is 0.0964. The Morgan fingerprint density at radius 2 is 2.19 bits per heavy atom. The van der Waals surface area contributed by atoms with Crippen molar-refractivity contribution in [2.75, 3.05) is 13.2 Å². The molecule has 2 N–H and O–H groups in total. The zero-order valence-corrected chi connectivity index (χ0v) is 10.1. The van der Waals surface area contributed by atoms with Gasteiger partial charge in [0.05, 0.1) is 5.92 Å². The molecule has 2 fully saturated rings. The first-order valence-electron chi connectivity index (χ1n) is 5.97. The fourth-order valence-electron chi connectivity index (χ4n) is 2.58. The minimum Gasteiger partial charge on any atom is -0.396 e. The van der Waals surface area contributed by atoms with Crippen LogP contribution in [0.25, 0.3) is 0 Å². The molecule has 1 saturated heterocycles. The SMILES string of the molecule is O=C1C2CCCCC2NC(=S)N1CCCO. The number of hydrogen-bond acceptors (Lipinski definition) is 3. The lowest BCUT2D eigenvalue weighted by atomic mass is 9.82. The number of aliphatic hydroxyl groups is 1. The first kappa shape index (κ1) is 11.8. The molecule has 0 aromatic rings. The Morgan fingerprint density at radius 1 is 1.44 bits per heavy atom. The van der Waals surface area contributed by atoms with Crippen LogP contribution >= 0.6 is 12.2 Å². The van der Waals surface area contributed by atoms with Gasteiger partial charge in [0.15, 0.2) is 5.11 Å². The Hall–Kier alpha value is -0.680. The van der Waals surface area contributed by atoms with Crippen molar-refractivity contribution in [3.8, 4) is 0 Å². The van der Waals surface area contributed by atoms with Gasteiger partial charge < -0.3 is 10.4 Å². The van der Waals surface area contributed by atoms with E-state index < -0.39 is 0 Å². The highest BCUT2D eigenvalue weighted by Gasteiger charge is 2.39. The molecule has 0 radical (unpaired) electrons. The van der Waals surface area contributed by atoms with Crippen LogP contribution in [0.15, 0.2) is 0 Å². The van der Waals surface area contributed by atoms with Crippen molar-refractivity contribution < 1.29 is 9.90 Å². The van der Waals surface area contributed by atoms with Crippen molar-refractivity contribution in [1.82, 2.24) is 10.2 Å². The van der Waals surface area contributed by atoms with Gasteiger partial charge in [-0.3, -0.25) is 9.69 Å². The number of carbonyl (C=O) groups is 1. The summed E-state index contributed by atoms with van der Waals surface area (Å²) in [5.74, 6) is 0.251. The van der Waals surface area contributed by atoms with Gasteiger partial charge in [-0.05, 0) is 31.5 Å². The molecule has 0 aromatic carbocycles. The largest absolute Gasteiger partial charge is 0.396 e. The number of thiocarbonyl (C=S) groups is 1. The van der Waals surface area contributed by atoms with Gasteiger partial charge >= 0.3 is 0 Å². The zero-order chi connectivity index (χ0) is 11.5. The van der Waals surface area contributed by atoms with E-state index in [1.807, 2.05) is 0 Å². The van der Waals surface area contributed by atoms with Crippen LogP contribution in [0.4, 0.5) is 0 Å². The molecule has 0 spiro atoms. The van der Waals surface area contributed by atoms with Crippen molar-refractivity contribution in [1.29, 1.82) is 0 Å². The predicted molar refractivity (Wildman–Crippen MR) is 64.9 cm³/mol. The van der Waals surface area contributed by atoms with Gasteiger partial charge in [-0.2, -0.15) is 0 Å². The Morgan fingerprint density at radius 3 is 2.94 bits per heavy atom. The van der Waals surface area contributed by atoms with Crippen molar-refractivity contribution in [3.05, 3.63) is 0 Å². The Kier molecular flexibility index (Phi) is 3.76. The fourth-order valence-corrected chi connectivity index (χ4v) is 2.91. The van der Waals surface area contributed by atoms with Gasteiger partial charge in [-0.15, -0.1) is 0 Å². The van der Waals surface area contributed by atoms with Crippen LogP contribution in [0.2, 0.25) is 0 Å². The molecule has 1 saturated carbocycles. The highest BCUT2D eigenvalue weighted by molar-refractivity contribution is 7.80. The maximum absolute atomic E-state index is 12.2. The van der Waals surface area contributed by atoms with E-state index in [0.717, 1.165) is 19.3 Å². The molecule has 2 atom stereocenters. The minimum atomic E-state index is 0.0964. The quantitative estimate of drug-likeness (QED) is 0.713. The van der Waals surface area contributed by atoms with Gasteiger partial charge in [0.25, 0.3) is 0 Å². The summed E-state index contributed by atoms with van der Waals surface area (Å²) in [7, 11) is 0. The fraction of sp³-hybridized carbons (Fsp3) is 0.818. The van der Waals surface area contributed by atoms with Crippen LogP contribution in [-0.4, -0.2) is 40.2 Å². The van der Waals surface area contributed by atoms with Crippen LogP contribution in [0.5, 0.6) is 0 Å². The number of nitrogens with zero attached hydrogens (tertiary/aromatic N) is 1. The second-order valence-corrected chi connectivity index (χ2v) is 4.90. The average Bonchev–Trinajstić information content (AvgIpc) is 2.29. The lowest BCUT2D eigenvalue weighted by molar-refractivity contribution is -0.135. The third-order valence-electron chi connectivity index (χ3n) is 3.44. The van der Waals surface area contributed by atoms with Crippen LogP contribution in [0, 0.1) is 5.92 Å². The van der Waals surface area contributed by atoms with Crippen molar-refractivity contribution in [3.63, 3.8) is 0 Å². The topological polar surface area (TPSA) is 52.6 Å². The third-order valence-corrected chi connectivity index (χ3v) is 3.78. The zero-order valence-electron chi connectivity index (χ0n) is 9.32. The van der Waals surface area contributed by atoms with E-state index in [4.69, 9.17) is 17.3 Å². The molecular weight excluding hydrogens is 224 g/mol. The summed E-state index contributed by atoms with van der Waals surface area (Å²) in [6.07, 6.45) is 4.92. The third kappa shape index (κ3) is 2.20. The number of nitrogens with one attached hydrogen (secondary N) is 1. The Balaban J connectivity index is 2.04. The summed E-state index contributed by atoms with van der Waals surface area (Å²) in [5, 5.41) is 12.6. The molecule has 1 amide bonds. The maximum atomic E-state index is 12.2. The monoisotopic (exact) mass is 242 g/mol. The predicted octanol–water partition coefficient (Wildman–Crippen LogP) is 0.644. The van der Waals surface area contributed by atoms with E-state index in [9.17, 15) is 4.79 Å². The van der Waals surface area contributed by atoms with E-state index >= 15 is 0 Å². The highest BCUT2D eigenvalue weighted by Crippen LogP contribution is 2.29. The van der Waals surface area contributed by atoms with Gasteiger partial charge in [-0.25, -0.2) is 0 Å². The molecular formula is C11H18N2O2S. The molecule has 5 heteroatoms. The molecule has 1 heterocycles. The smallest absolute Gasteiger partial charge is 0.233 e. The first-order valence-corrected chi connectivity index (χ1v) is 6.37. The summed E-state index contributed by atoms with van der Waals surface area (Å²) in [6, 6.07) is 0.249. The van der Waals surface area contributed by atoms with Gasteiger partial charge in [0.1, 0.15) is 0 Å². The van der Waals surface area contributed by atoms with Crippen LogP contribution in [0.3, 0.4) is 0 Å². The number of aliphatic hydroxyl groups excluding tert-OH is 1. The van der Waals surface area contributed by atoms with E-state index in [1.54, 1.807) is 4.90 Å². The van der Waals surface area contributed by atoms with Gasteiger partial charge in [0, 0.05) is 19.2 Å². The number of carbonyl (C=O) groups excluding carboxylic acids is 1. The molecule has 1 aliphatic heterocycles. The van der Waals surface area contributed by atoms with E-state index in [0.29, 0.717) is 18.1 Å². The summed E-state index contributed by atoms with van der Waals surface area (Å²) in [5.41, 5.74) is 0. The molecule has 0 bridgehead atoms. The van der Waals surface area contributed by atoms with E-state index in [-0.39, 0.29) is 24.5 Å². The second kappa shape index (κ2) is 5.10. The molecule has 16 heavy (non-hydrogen) atoms.